The number of halogens is 4. The monoisotopic (exact) mass is 428 g/mol. The van der Waals surface area contributed by atoms with Gasteiger partial charge in [0.25, 0.3) is 0 Å². The Kier molecular flexibility index (Phi) is 5.49. The highest BCUT2D eigenvalue weighted by Crippen LogP contribution is 2.36. The smallest absolute Gasteiger partial charge is 0.354 e. The Morgan fingerprint density at radius 1 is 1.35 bits per heavy atom. The molecule has 1 aromatic carbocycles. The Morgan fingerprint density at radius 2 is 2.04 bits per heavy atom. The molecular formula is C15H16ClF3N2O3S2. The zero-order valence-electron chi connectivity index (χ0n) is 13.4. The number of amides is 1. The lowest BCUT2D eigenvalue weighted by Crippen LogP contribution is -2.47. The predicted octanol–water partition coefficient (Wildman–Crippen LogP) is 2.95. The Hall–Kier alpha value is -0.970. The number of hydrogen-bond donors (Lipinski definition) is 1. The van der Waals surface area contributed by atoms with E-state index in [4.69, 9.17) is 11.6 Å². The molecule has 2 aliphatic rings. The van der Waals surface area contributed by atoms with Crippen molar-refractivity contribution in [2.24, 2.45) is 5.92 Å². The highest BCUT2D eigenvalue weighted by molar-refractivity contribution is 8.00. The van der Waals surface area contributed by atoms with Gasteiger partial charge in [-0.3, -0.25) is 4.79 Å². The van der Waals surface area contributed by atoms with Crippen molar-refractivity contribution in [2.75, 3.05) is 18.2 Å². The Bertz CT molecular complexity index is 813. The molecule has 144 valence electrons. The molecule has 1 aromatic rings. The van der Waals surface area contributed by atoms with Crippen molar-refractivity contribution in [2.45, 2.75) is 30.0 Å². The minimum Gasteiger partial charge on any atom is -0.354 e. The van der Waals surface area contributed by atoms with Gasteiger partial charge in [0.1, 0.15) is 10.9 Å². The minimum absolute atomic E-state index is 0.0174. The number of benzene rings is 1. The Balaban J connectivity index is 1.87. The number of alkyl halides is 3. The van der Waals surface area contributed by atoms with E-state index in [1.807, 2.05) is 0 Å². The van der Waals surface area contributed by atoms with Gasteiger partial charge in [0.15, 0.2) is 0 Å². The molecule has 1 aliphatic heterocycles. The molecule has 1 aliphatic carbocycles. The van der Waals surface area contributed by atoms with Gasteiger partial charge in [-0.05, 0) is 37.0 Å². The summed E-state index contributed by atoms with van der Waals surface area (Å²) in [6, 6.07) is 1.18. The lowest BCUT2D eigenvalue weighted by Gasteiger charge is -2.23. The van der Waals surface area contributed by atoms with Gasteiger partial charge in [0.2, 0.25) is 15.9 Å². The van der Waals surface area contributed by atoms with Crippen LogP contribution in [0.3, 0.4) is 0 Å². The Labute approximate surface area is 158 Å². The van der Waals surface area contributed by atoms with Crippen molar-refractivity contribution < 1.29 is 26.4 Å². The summed E-state index contributed by atoms with van der Waals surface area (Å²) >= 11 is 7.09. The van der Waals surface area contributed by atoms with Crippen molar-refractivity contribution >= 4 is 39.3 Å². The van der Waals surface area contributed by atoms with Gasteiger partial charge in [0.05, 0.1) is 16.5 Å². The van der Waals surface area contributed by atoms with Gasteiger partial charge in [-0.1, -0.05) is 11.6 Å². The van der Waals surface area contributed by atoms with E-state index in [2.05, 4.69) is 5.32 Å². The number of nitrogens with one attached hydrogen (secondary N) is 1. The van der Waals surface area contributed by atoms with Crippen molar-refractivity contribution in [1.29, 1.82) is 0 Å². The molecule has 0 spiro atoms. The van der Waals surface area contributed by atoms with E-state index in [9.17, 15) is 26.4 Å². The maximum Gasteiger partial charge on any atom is 0.416 e. The van der Waals surface area contributed by atoms with E-state index in [0.29, 0.717) is 18.5 Å². The van der Waals surface area contributed by atoms with Crippen molar-refractivity contribution in [3.8, 4) is 0 Å². The standard InChI is InChI=1S/C15H16ClF3N2O3S2/c16-11-4-3-10(15(17,18)19)5-13(11)26(23,24)21-8-25-7-12(21)14(22)20-6-9-1-2-9/h3-5,9,12H,1-2,6-8H2,(H,20,22). The van der Waals surface area contributed by atoms with Crippen LogP contribution >= 0.6 is 23.4 Å². The van der Waals surface area contributed by atoms with E-state index in [1.165, 1.54) is 11.8 Å². The van der Waals surface area contributed by atoms with Crippen molar-refractivity contribution in [1.82, 2.24) is 9.62 Å². The van der Waals surface area contributed by atoms with Gasteiger partial charge in [-0.2, -0.15) is 17.5 Å². The summed E-state index contributed by atoms with van der Waals surface area (Å²) in [5, 5.41) is 2.41. The third kappa shape index (κ3) is 4.13. The minimum atomic E-state index is -4.70. The largest absolute Gasteiger partial charge is 0.416 e. The van der Waals surface area contributed by atoms with E-state index >= 15 is 0 Å². The normalized spacial score (nSPS) is 21.8. The number of carbonyl (C=O) groups is 1. The molecule has 11 heteroatoms. The van der Waals surface area contributed by atoms with Crippen LogP contribution in [0.1, 0.15) is 18.4 Å². The van der Waals surface area contributed by atoms with Crippen LogP contribution in [-0.2, 0) is 21.0 Å². The number of sulfonamides is 1. The van der Waals surface area contributed by atoms with Crippen LogP contribution in [-0.4, -0.2) is 42.8 Å². The zero-order valence-corrected chi connectivity index (χ0v) is 15.8. The molecule has 2 fully saturated rings. The Morgan fingerprint density at radius 3 is 2.65 bits per heavy atom. The van der Waals surface area contributed by atoms with Crippen molar-refractivity contribution in [3.63, 3.8) is 0 Å². The highest BCUT2D eigenvalue weighted by atomic mass is 35.5. The summed E-state index contributed by atoms with van der Waals surface area (Å²) in [5.41, 5.74) is -1.11. The second-order valence-corrected chi connectivity index (χ2v) is 9.51. The summed E-state index contributed by atoms with van der Waals surface area (Å²) in [6.07, 6.45) is -2.64. The summed E-state index contributed by atoms with van der Waals surface area (Å²) in [5.74, 6) is 0.215. The van der Waals surface area contributed by atoms with Gasteiger partial charge in [0, 0.05) is 12.3 Å². The molecule has 0 bridgehead atoms. The number of hydrogen-bond acceptors (Lipinski definition) is 4. The van der Waals surface area contributed by atoms with Gasteiger partial charge in [-0.15, -0.1) is 11.8 Å². The molecule has 0 radical (unpaired) electrons. The molecule has 5 nitrogen and oxygen atoms in total. The molecule has 0 aromatic heterocycles. The van der Waals surface area contributed by atoms with Crippen LogP contribution in [0.2, 0.25) is 5.02 Å². The molecule has 1 saturated carbocycles. The molecule has 1 N–H and O–H groups in total. The van der Waals surface area contributed by atoms with E-state index in [1.54, 1.807) is 0 Å². The number of rotatable bonds is 5. The molecule has 1 amide bonds. The van der Waals surface area contributed by atoms with Crippen LogP contribution in [0, 0.1) is 5.92 Å². The average Bonchev–Trinajstić information content (AvgIpc) is 3.24. The second-order valence-electron chi connectivity index (χ2n) is 6.24. The van der Waals surface area contributed by atoms with E-state index < -0.39 is 38.6 Å². The van der Waals surface area contributed by atoms with Gasteiger partial charge < -0.3 is 5.32 Å². The average molecular weight is 429 g/mol. The van der Waals surface area contributed by atoms with Crippen LogP contribution in [0.25, 0.3) is 0 Å². The number of thioether (sulfide) groups is 1. The SMILES string of the molecule is O=C(NCC1CC1)C1CSCN1S(=O)(=O)c1cc(C(F)(F)F)ccc1Cl. The van der Waals surface area contributed by atoms with Crippen LogP contribution < -0.4 is 5.32 Å². The maximum absolute atomic E-state index is 12.9. The lowest BCUT2D eigenvalue weighted by molar-refractivity contribution is -0.137. The fraction of sp³-hybridized carbons (Fsp3) is 0.533. The molecule has 26 heavy (non-hydrogen) atoms. The van der Waals surface area contributed by atoms with Crippen LogP contribution in [0.4, 0.5) is 13.2 Å². The maximum atomic E-state index is 12.9. The van der Waals surface area contributed by atoms with Gasteiger partial charge >= 0.3 is 6.18 Å². The summed E-state index contributed by atoms with van der Waals surface area (Å²) < 4.78 is 65.5. The number of carbonyl (C=O) groups excluding carboxylic acids is 1. The molecule has 1 saturated heterocycles. The first-order valence-electron chi connectivity index (χ1n) is 7.85. The van der Waals surface area contributed by atoms with Crippen molar-refractivity contribution in [3.05, 3.63) is 28.8 Å². The summed E-state index contributed by atoms with van der Waals surface area (Å²) in [6.45, 7) is 0.484. The zero-order chi connectivity index (χ0) is 19.1. The second kappa shape index (κ2) is 7.21. The first-order valence-corrected chi connectivity index (χ1v) is 10.8. The fourth-order valence-electron chi connectivity index (χ4n) is 2.56. The summed E-state index contributed by atoms with van der Waals surface area (Å²) in [4.78, 5) is 11.7. The molecule has 1 atom stereocenters. The van der Waals surface area contributed by atoms with Crippen LogP contribution in [0.15, 0.2) is 23.1 Å². The molecule has 1 unspecified atom stereocenters. The molecule has 3 rings (SSSR count). The number of nitrogens with zero attached hydrogens (tertiary/aromatic N) is 1. The summed E-state index contributed by atoms with van der Waals surface area (Å²) in [7, 11) is -4.35. The third-order valence-electron chi connectivity index (χ3n) is 4.25. The first-order chi connectivity index (χ1) is 12.1. The van der Waals surface area contributed by atoms with E-state index in [0.717, 1.165) is 29.3 Å². The van der Waals surface area contributed by atoms with Crippen LogP contribution in [0.5, 0.6) is 0 Å². The predicted molar refractivity (Wildman–Crippen MR) is 92.3 cm³/mol. The lowest BCUT2D eigenvalue weighted by atomic mass is 10.2. The highest BCUT2D eigenvalue weighted by Gasteiger charge is 2.42. The molecular weight excluding hydrogens is 413 g/mol. The molecule has 1 heterocycles. The van der Waals surface area contributed by atoms with Gasteiger partial charge in [-0.25, -0.2) is 8.42 Å². The quantitative estimate of drug-likeness (QED) is 0.783. The third-order valence-corrected chi connectivity index (χ3v) is 7.76. The topological polar surface area (TPSA) is 66.5 Å². The fourth-order valence-corrected chi connectivity index (χ4v) is 6.21. The first kappa shape index (κ1) is 19.8. The van der Waals surface area contributed by atoms with E-state index in [-0.39, 0.29) is 16.7 Å².